The highest BCUT2D eigenvalue weighted by Gasteiger charge is 2.40. The minimum Gasteiger partial charge on any atom is -0.493 e. The number of imide groups is 1. The lowest BCUT2D eigenvalue weighted by Gasteiger charge is -2.22. The summed E-state index contributed by atoms with van der Waals surface area (Å²) in [6, 6.07) is 8.49. The van der Waals surface area contributed by atoms with Crippen LogP contribution in [0.1, 0.15) is 23.6 Å². The van der Waals surface area contributed by atoms with Crippen LogP contribution in [0.15, 0.2) is 55.0 Å². The van der Waals surface area contributed by atoms with E-state index in [-0.39, 0.29) is 5.69 Å². The van der Waals surface area contributed by atoms with Gasteiger partial charge in [-0.1, -0.05) is 6.92 Å². The summed E-state index contributed by atoms with van der Waals surface area (Å²) < 4.78 is 56.8. The molecule has 0 radical (unpaired) electrons. The number of aromatic nitrogens is 2. The third-order valence-corrected chi connectivity index (χ3v) is 6.88. The number of rotatable bonds is 7. The number of pyridine rings is 2. The highest BCUT2D eigenvalue weighted by molar-refractivity contribution is 6.27. The van der Waals surface area contributed by atoms with Gasteiger partial charge in [0.2, 0.25) is 0 Å². The number of carbonyl (C=O) groups is 2. The Labute approximate surface area is 233 Å². The van der Waals surface area contributed by atoms with Crippen LogP contribution < -0.4 is 24.0 Å². The Kier molecular flexibility index (Phi) is 7.16. The van der Waals surface area contributed by atoms with Gasteiger partial charge in [0, 0.05) is 23.8 Å². The standard InChI is InChI=1S/C29H25F3N4O5/c1-5-19-16(2)22(36-27(37)15-35(28(36)38)18-10-17(13-33-14-18)29(30,31)32)6-7-23(19)41-24-8-9-34-21-12-26(40-4)25(39-3)11-20(21)24/h6-14H,5,15H2,1-4H3. The molecule has 0 saturated carbocycles. The molecule has 2 aromatic carbocycles. The average molecular weight is 567 g/mol. The van der Waals surface area contributed by atoms with Gasteiger partial charge >= 0.3 is 12.2 Å². The molecule has 0 N–H and O–H groups in total. The minimum absolute atomic E-state index is 0.120. The van der Waals surface area contributed by atoms with Crippen LogP contribution in [0.3, 0.4) is 0 Å². The number of ether oxygens (including phenoxy) is 3. The fraction of sp³-hybridized carbons (Fsp3) is 0.241. The Morgan fingerprint density at radius 2 is 1.68 bits per heavy atom. The van der Waals surface area contributed by atoms with Crippen molar-refractivity contribution in [2.24, 2.45) is 0 Å². The summed E-state index contributed by atoms with van der Waals surface area (Å²) in [6.07, 6.45) is -0.745. The zero-order chi connectivity index (χ0) is 29.5. The van der Waals surface area contributed by atoms with Gasteiger partial charge in [-0.25, -0.2) is 9.69 Å². The number of urea groups is 1. The summed E-state index contributed by atoms with van der Waals surface area (Å²) in [5, 5.41) is 0.684. The van der Waals surface area contributed by atoms with Gasteiger partial charge in [0.05, 0.1) is 42.9 Å². The molecule has 9 nitrogen and oxygen atoms in total. The third kappa shape index (κ3) is 4.96. The molecule has 0 aliphatic carbocycles. The molecule has 3 heterocycles. The molecule has 5 rings (SSSR count). The molecule has 0 bridgehead atoms. The van der Waals surface area contributed by atoms with E-state index in [4.69, 9.17) is 14.2 Å². The molecule has 0 unspecified atom stereocenters. The number of nitrogens with zero attached hydrogens (tertiary/aromatic N) is 4. The first-order valence-corrected chi connectivity index (χ1v) is 12.5. The Morgan fingerprint density at radius 1 is 0.951 bits per heavy atom. The molecule has 41 heavy (non-hydrogen) atoms. The summed E-state index contributed by atoms with van der Waals surface area (Å²) in [7, 11) is 3.07. The van der Waals surface area contributed by atoms with Gasteiger partial charge in [0.25, 0.3) is 5.91 Å². The maximum Gasteiger partial charge on any atom is 0.417 e. The maximum atomic E-state index is 13.3. The van der Waals surface area contributed by atoms with E-state index >= 15 is 0 Å². The minimum atomic E-state index is -4.64. The normalized spacial score (nSPS) is 13.7. The molecule has 1 saturated heterocycles. The average Bonchev–Trinajstić information content (AvgIpc) is 3.25. The van der Waals surface area contributed by atoms with Crippen molar-refractivity contribution in [2.75, 3.05) is 30.6 Å². The number of alkyl halides is 3. The van der Waals surface area contributed by atoms with E-state index in [0.29, 0.717) is 57.8 Å². The number of fused-ring (bicyclic) bond motifs is 1. The third-order valence-electron chi connectivity index (χ3n) is 6.88. The molecule has 1 aliphatic rings. The van der Waals surface area contributed by atoms with Crippen LogP contribution in [0, 0.1) is 6.92 Å². The Bertz CT molecular complexity index is 1670. The highest BCUT2D eigenvalue weighted by atomic mass is 19.4. The van der Waals surface area contributed by atoms with Crippen LogP contribution in [0.4, 0.5) is 29.3 Å². The molecule has 1 fully saturated rings. The van der Waals surface area contributed by atoms with Gasteiger partial charge in [-0.3, -0.25) is 19.7 Å². The Hall–Kier alpha value is -4.87. The number of methoxy groups -OCH3 is 2. The van der Waals surface area contributed by atoms with Crippen molar-refractivity contribution >= 4 is 34.2 Å². The molecule has 3 amide bonds. The second-order valence-corrected chi connectivity index (χ2v) is 9.20. The first-order chi connectivity index (χ1) is 19.6. The van der Waals surface area contributed by atoms with Crippen molar-refractivity contribution in [3.8, 4) is 23.0 Å². The van der Waals surface area contributed by atoms with Crippen LogP contribution in [0.5, 0.6) is 23.0 Å². The van der Waals surface area contributed by atoms with E-state index in [1.54, 1.807) is 43.5 Å². The number of carbonyl (C=O) groups excluding carboxylic acids is 2. The largest absolute Gasteiger partial charge is 0.493 e. The zero-order valence-electron chi connectivity index (χ0n) is 22.6. The lowest BCUT2D eigenvalue weighted by atomic mass is 10.0. The number of hydrogen-bond acceptors (Lipinski definition) is 7. The smallest absolute Gasteiger partial charge is 0.417 e. The maximum absolute atomic E-state index is 13.3. The summed E-state index contributed by atoms with van der Waals surface area (Å²) in [4.78, 5) is 36.3. The molecular weight excluding hydrogens is 541 g/mol. The second kappa shape index (κ2) is 10.6. The predicted octanol–water partition coefficient (Wildman–Crippen LogP) is 6.30. The first-order valence-electron chi connectivity index (χ1n) is 12.5. The topological polar surface area (TPSA) is 94.1 Å². The number of halogens is 3. The van der Waals surface area contributed by atoms with Crippen molar-refractivity contribution in [2.45, 2.75) is 26.4 Å². The molecule has 2 aromatic heterocycles. The van der Waals surface area contributed by atoms with E-state index in [2.05, 4.69) is 9.97 Å². The first kappa shape index (κ1) is 27.7. The fourth-order valence-corrected chi connectivity index (χ4v) is 4.82. The van der Waals surface area contributed by atoms with Crippen molar-refractivity contribution in [1.29, 1.82) is 0 Å². The van der Waals surface area contributed by atoms with Crippen LogP contribution >= 0.6 is 0 Å². The van der Waals surface area contributed by atoms with Crippen molar-refractivity contribution < 1.29 is 37.0 Å². The van der Waals surface area contributed by atoms with E-state index < -0.39 is 30.2 Å². The highest BCUT2D eigenvalue weighted by Crippen LogP contribution is 2.40. The van der Waals surface area contributed by atoms with Gasteiger partial charge < -0.3 is 14.2 Å². The monoisotopic (exact) mass is 566 g/mol. The summed E-state index contributed by atoms with van der Waals surface area (Å²) in [5.41, 5.74) is 1.17. The SMILES string of the molecule is CCc1c(Oc2ccnc3cc(OC)c(OC)cc23)ccc(N2C(=O)CN(c3cncc(C(F)(F)F)c3)C2=O)c1C. The molecule has 1 aliphatic heterocycles. The van der Waals surface area contributed by atoms with Crippen LogP contribution in [0.25, 0.3) is 10.9 Å². The molecule has 12 heteroatoms. The van der Waals surface area contributed by atoms with E-state index in [1.807, 2.05) is 6.92 Å². The van der Waals surface area contributed by atoms with Crippen LogP contribution in [0.2, 0.25) is 0 Å². The Morgan fingerprint density at radius 3 is 2.37 bits per heavy atom. The zero-order valence-corrected chi connectivity index (χ0v) is 22.6. The number of hydrogen-bond donors (Lipinski definition) is 0. The molecular formula is C29H25F3N4O5. The van der Waals surface area contributed by atoms with Crippen LogP contribution in [-0.2, 0) is 17.4 Å². The molecule has 212 valence electrons. The molecule has 0 atom stereocenters. The van der Waals surface area contributed by atoms with Gasteiger partial charge in [-0.05, 0) is 54.8 Å². The molecule has 4 aromatic rings. The van der Waals surface area contributed by atoms with Gasteiger partial charge in [0.15, 0.2) is 11.5 Å². The quantitative estimate of drug-likeness (QED) is 0.242. The number of amides is 3. The Balaban J connectivity index is 1.49. The van der Waals surface area contributed by atoms with E-state index in [1.165, 1.54) is 14.2 Å². The lowest BCUT2D eigenvalue weighted by molar-refractivity contribution is -0.137. The summed E-state index contributed by atoms with van der Waals surface area (Å²) in [6.45, 7) is 3.25. The fourth-order valence-electron chi connectivity index (χ4n) is 4.82. The van der Waals surface area contributed by atoms with Crippen molar-refractivity contribution in [3.05, 3.63) is 71.7 Å². The van der Waals surface area contributed by atoms with E-state index in [0.717, 1.165) is 27.6 Å². The van der Waals surface area contributed by atoms with Gasteiger partial charge in [-0.15, -0.1) is 0 Å². The number of benzene rings is 2. The van der Waals surface area contributed by atoms with Gasteiger partial charge in [0.1, 0.15) is 18.0 Å². The second-order valence-electron chi connectivity index (χ2n) is 9.20. The summed E-state index contributed by atoms with van der Waals surface area (Å²) >= 11 is 0. The summed E-state index contributed by atoms with van der Waals surface area (Å²) in [5.74, 6) is 1.47. The van der Waals surface area contributed by atoms with Crippen molar-refractivity contribution in [1.82, 2.24) is 9.97 Å². The number of anilines is 2. The molecule has 0 spiro atoms. The van der Waals surface area contributed by atoms with Crippen molar-refractivity contribution in [3.63, 3.8) is 0 Å². The predicted molar refractivity (Wildman–Crippen MR) is 145 cm³/mol. The van der Waals surface area contributed by atoms with Crippen LogP contribution in [-0.4, -0.2) is 42.7 Å². The van der Waals surface area contributed by atoms with Gasteiger partial charge in [-0.2, -0.15) is 13.2 Å². The van der Waals surface area contributed by atoms with E-state index in [9.17, 15) is 22.8 Å². The lowest BCUT2D eigenvalue weighted by Crippen LogP contribution is -2.33.